The fourth-order valence-electron chi connectivity index (χ4n) is 2.55. The van der Waals surface area contributed by atoms with E-state index in [-0.39, 0.29) is 29.9 Å². The number of hydrogen-bond acceptors (Lipinski definition) is 8. The summed E-state index contributed by atoms with van der Waals surface area (Å²) in [6.45, 7) is 2.69. The lowest BCUT2D eigenvalue weighted by Gasteiger charge is -2.11. The molecule has 2 aromatic carbocycles. The van der Waals surface area contributed by atoms with Gasteiger partial charge in [0.2, 0.25) is 0 Å². The van der Waals surface area contributed by atoms with Gasteiger partial charge < -0.3 is 23.7 Å². The van der Waals surface area contributed by atoms with E-state index in [4.69, 9.17) is 14.2 Å². The number of benzene rings is 2. The van der Waals surface area contributed by atoms with Gasteiger partial charge in [0.1, 0.15) is 5.75 Å². The minimum atomic E-state index is -0.667. The van der Waals surface area contributed by atoms with Gasteiger partial charge in [0.05, 0.1) is 38.6 Å². The molecule has 0 unspecified atom stereocenters. The van der Waals surface area contributed by atoms with Gasteiger partial charge in [0, 0.05) is 6.42 Å². The molecule has 2 rings (SSSR count). The highest BCUT2D eigenvalue weighted by atomic mass is 16.5. The molecule has 0 spiro atoms. The summed E-state index contributed by atoms with van der Waals surface area (Å²) in [4.78, 5) is 35.7. The number of hydrogen-bond donors (Lipinski definition) is 0. The summed E-state index contributed by atoms with van der Waals surface area (Å²) >= 11 is 0. The third-order valence-corrected chi connectivity index (χ3v) is 3.91. The van der Waals surface area contributed by atoms with Crippen molar-refractivity contribution in [2.75, 3.05) is 27.4 Å². The number of ether oxygens (including phenoxy) is 5. The third kappa shape index (κ3) is 6.51. The molecule has 0 saturated carbocycles. The first-order valence-corrected chi connectivity index (χ1v) is 9.35. The summed E-state index contributed by atoms with van der Waals surface area (Å²) in [6, 6.07) is 11.2. The molecule has 0 bridgehead atoms. The van der Waals surface area contributed by atoms with Crippen molar-refractivity contribution in [1.29, 1.82) is 0 Å². The second-order valence-corrected chi connectivity index (χ2v) is 6.04. The van der Waals surface area contributed by atoms with Crippen molar-refractivity contribution in [2.45, 2.75) is 19.8 Å². The number of esters is 3. The molecule has 0 aliphatic heterocycles. The van der Waals surface area contributed by atoms with E-state index in [0.29, 0.717) is 24.5 Å². The summed E-state index contributed by atoms with van der Waals surface area (Å²) in [6.07, 6.45) is 0.479. The van der Waals surface area contributed by atoms with Crippen LogP contribution in [0.2, 0.25) is 0 Å². The standard InChI is InChI=1S/C22H24O8/c1-4-28-18-8-5-6-9-19(18)29-11-7-10-20(23)30-17-13-15(21(24)26-2)12-16(14-17)22(25)27-3/h5-6,8-9,12-14H,4,7,10-11H2,1-3H3. The van der Waals surface area contributed by atoms with Crippen LogP contribution in [0.4, 0.5) is 0 Å². The van der Waals surface area contributed by atoms with Crippen LogP contribution in [-0.2, 0) is 14.3 Å². The summed E-state index contributed by atoms with van der Waals surface area (Å²) in [5.41, 5.74) is 0.137. The molecule has 0 amide bonds. The summed E-state index contributed by atoms with van der Waals surface area (Å²) in [5, 5.41) is 0. The Morgan fingerprint density at radius 3 is 1.93 bits per heavy atom. The average Bonchev–Trinajstić information content (AvgIpc) is 2.76. The number of carbonyl (C=O) groups is 3. The van der Waals surface area contributed by atoms with E-state index in [1.807, 2.05) is 19.1 Å². The van der Waals surface area contributed by atoms with Crippen molar-refractivity contribution >= 4 is 17.9 Å². The van der Waals surface area contributed by atoms with Crippen LogP contribution < -0.4 is 14.2 Å². The Bertz CT molecular complexity index is 856. The van der Waals surface area contributed by atoms with Gasteiger partial charge in [-0.2, -0.15) is 0 Å². The van der Waals surface area contributed by atoms with Gasteiger partial charge in [0.25, 0.3) is 0 Å². The van der Waals surface area contributed by atoms with E-state index >= 15 is 0 Å². The summed E-state index contributed by atoms with van der Waals surface area (Å²) in [5.74, 6) is -0.585. The molecule has 8 nitrogen and oxygen atoms in total. The topological polar surface area (TPSA) is 97.4 Å². The van der Waals surface area contributed by atoms with Crippen molar-refractivity contribution in [3.8, 4) is 17.2 Å². The van der Waals surface area contributed by atoms with Crippen LogP contribution in [0.3, 0.4) is 0 Å². The van der Waals surface area contributed by atoms with Crippen molar-refractivity contribution in [2.24, 2.45) is 0 Å². The molecule has 0 N–H and O–H groups in total. The molecule has 0 aliphatic carbocycles. The maximum absolute atomic E-state index is 12.2. The maximum Gasteiger partial charge on any atom is 0.338 e. The Morgan fingerprint density at radius 2 is 1.40 bits per heavy atom. The van der Waals surface area contributed by atoms with E-state index in [1.54, 1.807) is 12.1 Å². The molecule has 8 heteroatoms. The fraction of sp³-hybridized carbons (Fsp3) is 0.318. The van der Waals surface area contributed by atoms with Crippen LogP contribution in [0, 0.1) is 0 Å². The van der Waals surface area contributed by atoms with E-state index in [9.17, 15) is 14.4 Å². The third-order valence-electron chi connectivity index (χ3n) is 3.91. The van der Waals surface area contributed by atoms with Gasteiger partial charge in [0.15, 0.2) is 11.5 Å². The van der Waals surface area contributed by atoms with Gasteiger partial charge in [-0.25, -0.2) is 9.59 Å². The lowest BCUT2D eigenvalue weighted by molar-refractivity contribution is -0.134. The van der Waals surface area contributed by atoms with E-state index in [1.165, 1.54) is 32.4 Å². The molecule has 0 heterocycles. The second kappa shape index (κ2) is 11.5. The molecular formula is C22H24O8. The Kier molecular flexibility index (Phi) is 8.68. The van der Waals surface area contributed by atoms with Gasteiger partial charge in [-0.05, 0) is 43.7 Å². The highest BCUT2D eigenvalue weighted by Crippen LogP contribution is 2.26. The zero-order chi connectivity index (χ0) is 21.9. The number of methoxy groups -OCH3 is 2. The molecule has 0 aromatic heterocycles. The van der Waals surface area contributed by atoms with E-state index < -0.39 is 17.9 Å². The molecule has 0 saturated heterocycles. The summed E-state index contributed by atoms with van der Waals surface area (Å²) in [7, 11) is 2.42. The minimum absolute atomic E-state index is 0.0471. The van der Waals surface area contributed by atoms with Crippen LogP contribution >= 0.6 is 0 Å². The van der Waals surface area contributed by atoms with Crippen molar-refractivity contribution in [3.05, 3.63) is 53.6 Å². The van der Waals surface area contributed by atoms with Crippen LogP contribution in [0.1, 0.15) is 40.5 Å². The Balaban J connectivity index is 1.94. The van der Waals surface area contributed by atoms with Crippen molar-refractivity contribution < 1.29 is 38.1 Å². The van der Waals surface area contributed by atoms with Crippen LogP contribution in [0.15, 0.2) is 42.5 Å². The smallest absolute Gasteiger partial charge is 0.338 e. The average molecular weight is 416 g/mol. The maximum atomic E-state index is 12.2. The zero-order valence-electron chi connectivity index (χ0n) is 17.1. The molecule has 0 aliphatic rings. The molecule has 0 radical (unpaired) electrons. The molecule has 30 heavy (non-hydrogen) atoms. The Hall–Kier alpha value is -3.55. The number of rotatable bonds is 10. The van der Waals surface area contributed by atoms with Crippen LogP contribution in [0.25, 0.3) is 0 Å². The van der Waals surface area contributed by atoms with Crippen molar-refractivity contribution in [1.82, 2.24) is 0 Å². The minimum Gasteiger partial charge on any atom is -0.490 e. The monoisotopic (exact) mass is 416 g/mol. The summed E-state index contributed by atoms with van der Waals surface area (Å²) < 4.78 is 25.7. The van der Waals surface area contributed by atoms with Crippen LogP contribution in [-0.4, -0.2) is 45.3 Å². The zero-order valence-corrected chi connectivity index (χ0v) is 17.1. The lowest BCUT2D eigenvalue weighted by atomic mass is 10.1. The highest BCUT2D eigenvalue weighted by molar-refractivity contribution is 5.96. The quantitative estimate of drug-likeness (QED) is 0.330. The largest absolute Gasteiger partial charge is 0.490 e. The Labute approximate surface area is 174 Å². The van der Waals surface area contributed by atoms with E-state index in [2.05, 4.69) is 9.47 Å². The van der Waals surface area contributed by atoms with Gasteiger partial charge in [-0.3, -0.25) is 4.79 Å². The van der Waals surface area contributed by atoms with Gasteiger partial charge in [-0.15, -0.1) is 0 Å². The Morgan fingerprint density at radius 1 is 0.833 bits per heavy atom. The number of carbonyl (C=O) groups excluding carboxylic acids is 3. The molecule has 2 aromatic rings. The van der Waals surface area contributed by atoms with Gasteiger partial charge >= 0.3 is 17.9 Å². The molecule has 0 atom stereocenters. The first kappa shape index (κ1) is 22.7. The fourth-order valence-corrected chi connectivity index (χ4v) is 2.55. The predicted molar refractivity (Wildman–Crippen MR) is 107 cm³/mol. The predicted octanol–water partition coefficient (Wildman–Crippen LogP) is 3.42. The van der Waals surface area contributed by atoms with Crippen molar-refractivity contribution in [3.63, 3.8) is 0 Å². The SMILES string of the molecule is CCOc1ccccc1OCCCC(=O)Oc1cc(C(=O)OC)cc(C(=O)OC)c1. The first-order valence-electron chi connectivity index (χ1n) is 9.35. The first-order chi connectivity index (χ1) is 14.5. The highest BCUT2D eigenvalue weighted by Gasteiger charge is 2.16. The van der Waals surface area contributed by atoms with Gasteiger partial charge in [-0.1, -0.05) is 12.1 Å². The molecule has 0 fully saturated rings. The van der Waals surface area contributed by atoms with E-state index in [0.717, 1.165) is 0 Å². The molecule has 160 valence electrons. The number of para-hydroxylation sites is 2. The second-order valence-electron chi connectivity index (χ2n) is 6.04. The molecular weight excluding hydrogens is 392 g/mol. The van der Waals surface area contributed by atoms with Crippen LogP contribution in [0.5, 0.6) is 17.2 Å². The lowest BCUT2D eigenvalue weighted by Crippen LogP contribution is -2.12. The normalized spacial score (nSPS) is 10.1.